The van der Waals surface area contributed by atoms with Crippen molar-refractivity contribution in [2.24, 2.45) is 0 Å². The molecule has 1 saturated heterocycles. The second-order valence-electron chi connectivity index (χ2n) is 13.9. The van der Waals surface area contributed by atoms with Gasteiger partial charge in [-0.15, -0.1) is 13.1 Å². The zero-order chi connectivity index (χ0) is 38.5. The summed E-state index contributed by atoms with van der Waals surface area (Å²) in [6, 6.07) is 34.9. The van der Waals surface area contributed by atoms with Gasteiger partial charge in [-0.2, -0.15) is 26.2 Å². The van der Waals surface area contributed by atoms with Crippen LogP contribution in [-0.4, -0.2) is 87.2 Å². The van der Waals surface area contributed by atoms with Gasteiger partial charge in [0.05, 0.1) is 33.1 Å². The summed E-state index contributed by atoms with van der Waals surface area (Å²) in [4.78, 5) is 29.1. The summed E-state index contributed by atoms with van der Waals surface area (Å²) >= 11 is 0. The first-order chi connectivity index (χ1) is 28.3. The van der Waals surface area contributed by atoms with E-state index in [0.717, 1.165) is 132 Å². The van der Waals surface area contributed by atoms with Crippen molar-refractivity contribution in [1.82, 2.24) is 34.8 Å². The predicted octanol–water partition coefficient (Wildman–Crippen LogP) is 10.1. The summed E-state index contributed by atoms with van der Waals surface area (Å²) in [6.07, 6.45) is 13.0. The Morgan fingerprint density at radius 1 is 0.407 bits per heavy atom. The second kappa shape index (κ2) is 22.5. The minimum atomic E-state index is 0. The number of benzene rings is 3. The standard InChI is InChI=1S/C23H29N6.2C12H8N2.Fe.Ru/c1-5-19-17-20(21-6-2-11-28-23(21)22(19)27-10-1)18-29-15-4-9-25-13-12-24-7-3-8-26-14-16-29;2*1-3-9-5-6-10-4-2-8-14-12(10)11(9)13-7-1;;/h1-2,5-6,10-11,17H,3-4,7-9,12-16,18H2;2*1-8H;;/q-3;;;+3;+2. The van der Waals surface area contributed by atoms with E-state index in [9.17, 15) is 0 Å². The maximum absolute atomic E-state index is 4.72. The van der Waals surface area contributed by atoms with Crippen LogP contribution in [0.25, 0.3) is 81.4 Å². The molecule has 0 bridgehead atoms. The molecule has 12 heteroatoms. The van der Waals surface area contributed by atoms with E-state index in [4.69, 9.17) is 5.32 Å². The summed E-state index contributed by atoms with van der Waals surface area (Å²) in [6.45, 7) is 8.22. The molecule has 0 spiro atoms. The molecule has 0 saturated carbocycles. The number of rotatable bonds is 2. The fraction of sp³-hybridized carbons (Fsp3) is 0.234. The fourth-order valence-corrected chi connectivity index (χ4v) is 7.24. The minimum Gasteiger partial charge on any atom is -0.664 e. The largest absolute Gasteiger partial charge is 3.00 e. The smallest absolute Gasteiger partial charge is 0.664 e. The zero-order valence-electron chi connectivity index (χ0n) is 32.7. The molecule has 1 radical (unpaired) electrons. The van der Waals surface area contributed by atoms with E-state index in [-0.39, 0.29) is 36.5 Å². The number of aromatic nitrogens is 6. The van der Waals surface area contributed by atoms with Gasteiger partial charge in [0.1, 0.15) is 0 Å². The van der Waals surface area contributed by atoms with Crippen molar-refractivity contribution in [3.05, 3.63) is 162 Å². The normalized spacial score (nSPS) is 14.3. The Morgan fingerprint density at radius 2 is 0.797 bits per heavy atom. The van der Waals surface area contributed by atoms with E-state index in [1.54, 1.807) is 24.8 Å². The van der Waals surface area contributed by atoms with E-state index in [0.29, 0.717) is 0 Å². The van der Waals surface area contributed by atoms with Crippen molar-refractivity contribution in [2.75, 3.05) is 52.4 Å². The summed E-state index contributed by atoms with van der Waals surface area (Å²) < 4.78 is 0. The van der Waals surface area contributed by atoms with Crippen LogP contribution < -0.4 is 0 Å². The van der Waals surface area contributed by atoms with Crippen LogP contribution in [0.4, 0.5) is 0 Å². The van der Waals surface area contributed by atoms with Crippen LogP contribution in [0.1, 0.15) is 18.4 Å². The average Bonchev–Trinajstić information content (AvgIpc) is 3.28. The average molecular weight is 907 g/mol. The van der Waals surface area contributed by atoms with Crippen molar-refractivity contribution >= 4 is 65.4 Å². The van der Waals surface area contributed by atoms with Crippen LogP contribution in [0.5, 0.6) is 0 Å². The van der Waals surface area contributed by atoms with Crippen molar-refractivity contribution in [3.63, 3.8) is 0 Å². The van der Waals surface area contributed by atoms with Crippen molar-refractivity contribution in [3.8, 4) is 0 Å². The molecule has 9 aromatic rings. The van der Waals surface area contributed by atoms with E-state index >= 15 is 0 Å². The summed E-state index contributed by atoms with van der Waals surface area (Å²) in [5.74, 6) is 0. The first-order valence-corrected chi connectivity index (χ1v) is 19.7. The Balaban J connectivity index is 0.000000163. The van der Waals surface area contributed by atoms with Crippen LogP contribution in [-0.2, 0) is 43.1 Å². The van der Waals surface area contributed by atoms with Gasteiger partial charge in [-0.05, 0) is 61.1 Å². The van der Waals surface area contributed by atoms with Gasteiger partial charge in [0.15, 0.2) is 0 Å². The quantitative estimate of drug-likeness (QED) is 0.125. The van der Waals surface area contributed by atoms with Crippen LogP contribution in [0.15, 0.2) is 140 Å². The Kier molecular flexibility index (Phi) is 16.6. The van der Waals surface area contributed by atoms with Crippen molar-refractivity contribution in [1.29, 1.82) is 0 Å². The van der Waals surface area contributed by atoms with E-state index < -0.39 is 0 Å². The molecule has 1 aliphatic rings. The molecule has 0 amide bonds. The molecule has 0 N–H and O–H groups in total. The SMILES string of the molecule is [Fe+3].[Ru+2].c1cnc2c(c1)cc(CN1CCC[N-]CC[N-]CCC[N-]CC1)c1cccnc12.c1cnc2c(c1)ccc1cccnc12.c1cnc2c(c1)ccc1cccnc12. The molecule has 10 rings (SSSR count). The summed E-state index contributed by atoms with van der Waals surface area (Å²) in [5.41, 5.74) is 7.19. The molecule has 297 valence electrons. The van der Waals surface area contributed by atoms with Gasteiger partial charge in [0.2, 0.25) is 0 Å². The fourth-order valence-electron chi connectivity index (χ4n) is 7.24. The summed E-state index contributed by atoms with van der Waals surface area (Å²) in [7, 11) is 0. The third-order valence-corrected chi connectivity index (χ3v) is 10.0. The van der Waals surface area contributed by atoms with Crippen molar-refractivity contribution < 1.29 is 36.5 Å². The monoisotopic (exact) mass is 907 g/mol. The number of nitrogens with zero attached hydrogens (tertiary/aromatic N) is 10. The van der Waals surface area contributed by atoms with Gasteiger partial charge < -0.3 is 20.9 Å². The molecule has 1 fully saturated rings. The van der Waals surface area contributed by atoms with E-state index in [1.807, 2.05) is 48.8 Å². The van der Waals surface area contributed by atoms with Gasteiger partial charge >= 0.3 is 36.5 Å². The molecule has 59 heavy (non-hydrogen) atoms. The van der Waals surface area contributed by atoms with Gasteiger partial charge in [-0.3, -0.25) is 29.9 Å². The molecule has 0 unspecified atom stereocenters. The first kappa shape index (κ1) is 43.7. The number of pyridine rings is 6. The maximum Gasteiger partial charge on any atom is 3.00 e. The van der Waals surface area contributed by atoms with Crippen LogP contribution >= 0.6 is 0 Å². The molecule has 0 atom stereocenters. The molecule has 6 aromatic heterocycles. The van der Waals surface area contributed by atoms with Gasteiger partial charge in [0, 0.05) is 76.0 Å². The number of hydrogen-bond donors (Lipinski definition) is 0. The van der Waals surface area contributed by atoms with Crippen molar-refractivity contribution in [2.45, 2.75) is 19.4 Å². The van der Waals surface area contributed by atoms with Crippen LogP contribution in [0, 0.1) is 0 Å². The molecule has 3 aromatic carbocycles. The Hall–Kier alpha value is -4.90. The van der Waals surface area contributed by atoms with Crippen LogP contribution in [0.2, 0.25) is 0 Å². The second-order valence-corrected chi connectivity index (χ2v) is 13.9. The van der Waals surface area contributed by atoms with Crippen LogP contribution in [0.3, 0.4) is 0 Å². The van der Waals surface area contributed by atoms with E-state index in [2.05, 4.69) is 112 Å². The molecule has 10 nitrogen and oxygen atoms in total. The number of fused-ring (bicyclic) bond motifs is 9. The third-order valence-electron chi connectivity index (χ3n) is 10.0. The molecular formula is C47H45FeN10Ru+2. The predicted molar refractivity (Wildman–Crippen MR) is 235 cm³/mol. The van der Waals surface area contributed by atoms with Gasteiger partial charge in [-0.1, -0.05) is 73.5 Å². The molecule has 1 aliphatic heterocycles. The summed E-state index contributed by atoms with van der Waals surface area (Å²) in [5, 5.41) is 20.8. The Bertz CT molecular complexity index is 2480. The van der Waals surface area contributed by atoms with Gasteiger partial charge in [0.25, 0.3) is 0 Å². The first-order valence-electron chi connectivity index (χ1n) is 19.7. The number of hydrogen-bond acceptors (Lipinski definition) is 7. The minimum absolute atomic E-state index is 0. The Labute approximate surface area is 368 Å². The molecule has 7 heterocycles. The zero-order valence-corrected chi connectivity index (χ0v) is 35.6. The maximum atomic E-state index is 4.72. The van der Waals surface area contributed by atoms with E-state index in [1.165, 1.54) is 10.9 Å². The van der Waals surface area contributed by atoms with Gasteiger partial charge in [-0.25, -0.2) is 0 Å². The third kappa shape index (κ3) is 11.2. The Morgan fingerprint density at radius 3 is 1.29 bits per heavy atom. The molecular weight excluding hydrogens is 862 g/mol. The topological polar surface area (TPSA) is 123 Å². The molecule has 0 aliphatic carbocycles.